The van der Waals surface area contributed by atoms with E-state index in [9.17, 15) is 19.2 Å². The molecule has 1 aliphatic rings. The lowest BCUT2D eigenvalue weighted by Crippen LogP contribution is -2.57. The Kier molecular flexibility index (Phi) is 7.82. The van der Waals surface area contributed by atoms with Crippen molar-refractivity contribution in [1.29, 1.82) is 0 Å². The standard InChI is InChI=1S/C16H24O9/c1-5-21-12(17)10-9-25-11(13(18)22-6-2)16(10,14(19)23-7-3)15(20)24-8-4/h10-11H,5-9H2,1-4H3. The molecule has 0 aliphatic carbocycles. The average molecular weight is 360 g/mol. The molecule has 1 rings (SSSR count). The Bertz CT molecular complexity index is 468. The Labute approximate surface area is 145 Å². The molecule has 142 valence electrons. The summed E-state index contributed by atoms with van der Waals surface area (Å²) >= 11 is 0. The van der Waals surface area contributed by atoms with E-state index in [-0.39, 0.29) is 33.0 Å². The second-order valence-electron chi connectivity index (χ2n) is 5.08. The van der Waals surface area contributed by atoms with Crippen LogP contribution in [-0.2, 0) is 42.9 Å². The lowest BCUT2D eigenvalue weighted by molar-refractivity contribution is -0.189. The van der Waals surface area contributed by atoms with E-state index >= 15 is 0 Å². The van der Waals surface area contributed by atoms with E-state index in [2.05, 4.69) is 0 Å². The van der Waals surface area contributed by atoms with Gasteiger partial charge in [-0.25, -0.2) is 4.79 Å². The van der Waals surface area contributed by atoms with Gasteiger partial charge in [-0.05, 0) is 27.7 Å². The van der Waals surface area contributed by atoms with Crippen LogP contribution < -0.4 is 0 Å². The zero-order valence-electron chi connectivity index (χ0n) is 14.9. The molecule has 0 aromatic rings. The molecule has 1 saturated heterocycles. The average Bonchev–Trinajstić information content (AvgIpc) is 2.97. The van der Waals surface area contributed by atoms with Gasteiger partial charge in [0, 0.05) is 0 Å². The third-order valence-corrected chi connectivity index (χ3v) is 3.69. The molecule has 0 aromatic heterocycles. The highest BCUT2D eigenvalue weighted by Crippen LogP contribution is 2.44. The van der Waals surface area contributed by atoms with Crippen LogP contribution in [-0.4, -0.2) is 63.0 Å². The van der Waals surface area contributed by atoms with Gasteiger partial charge >= 0.3 is 23.9 Å². The topological polar surface area (TPSA) is 114 Å². The molecule has 2 atom stereocenters. The maximum absolute atomic E-state index is 12.7. The Morgan fingerprint density at radius 3 is 1.68 bits per heavy atom. The van der Waals surface area contributed by atoms with Crippen molar-refractivity contribution < 1.29 is 42.9 Å². The minimum atomic E-state index is -2.30. The summed E-state index contributed by atoms with van der Waals surface area (Å²) in [6, 6.07) is 0. The van der Waals surface area contributed by atoms with Crippen molar-refractivity contribution in [1.82, 2.24) is 0 Å². The van der Waals surface area contributed by atoms with Gasteiger partial charge in [0.2, 0.25) is 5.41 Å². The van der Waals surface area contributed by atoms with Gasteiger partial charge in [-0.2, -0.15) is 0 Å². The number of carbonyl (C=O) groups is 4. The summed E-state index contributed by atoms with van der Waals surface area (Å²) in [5, 5.41) is 0. The smallest absolute Gasteiger partial charge is 0.337 e. The fourth-order valence-corrected chi connectivity index (χ4v) is 2.69. The molecule has 1 heterocycles. The number of hydrogen-bond acceptors (Lipinski definition) is 9. The summed E-state index contributed by atoms with van der Waals surface area (Å²) in [6.45, 7) is 5.73. The first-order valence-corrected chi connectivity index (χ1v) is 8.20. The molecule has 0 saturated carbocycles. The summed E-state index contributed by atoms with van der Waals surface area (Å²) in [4.78, 5) is 50.0. The first-order valence-electron chi connectivity index (χ1n) is 8.20. The molecular weight excluding hydrogens is 336 g/mol. The minimum absolute atomic E-state index is 0.00446. The summed E-state index contributed by atoms with van der Waals surface area (Å²) in [6.07, 6.45) is -1.65. The largest absolute Gasteiger partial charge is 0.466 e. The number of esters is 4. The predicted molar refractivity (Wildman–Crippen MR) is 82.2 cm³/mol. The maximum Gasteiger partial charge on any atom is 0.337 e. The van der Waals surface area contributed by atoms with Crippen molar-refractivity contribution in [2.75, 3.05) is 33.0 Å². The van der Waals surface area contributed by atoms with Crippen LogP contribution in [0, 0.1) is 11.3 Å². The van der Waals surface area contributed by atoms with Crippen molar-refractivity contribution in [2.45, 2.75) is 33.8 Å². The van der Waals surface area contributed by atoms with Gasteiger partial charge in [0.15, 0.2) is 6.10 Å². The van der Waals surface area contributed by atoms with Crippen LogP contribution >= 0.6 is 0 Å². The molecule has 0 N–H and O–H groups in total. The zero-order valence-corrected chi connectivity index (χ0v) is 14.9. The molecule has 0 radical (unpaired) electrons. The Morgan fingerprint density at radius 1 is 0.800 bits per heavy atom. The van der Waals surface area contributed by atoms with Crippen LogP contribution in [0.25, 0.3) is 0 Å². The SMILES string of the molecule is CCOC(=O)C1COC(C(=O)OCC)C1(C(=O)OCC)C(=O)OCC. The summed E-state index contributed by atoms with van der Waals surface area (Å²) in [7, 11) is 0. The van der Waals surface area contributed by atoms with Crippen molar-refractivity contribution in [3.8, 4) is 0 Å². The Morgan fingerprint density at radius 2 is 1.24 bits per heavy atom. The number of ether oxygens (including phenoxy) is 5. The van der Waals surface area contributed by atoms with E-state index in [4.69, 9.17) is 23.7 Å². The second kappa shape index (κ2) is 9.36. The van der Waals surface area contributed by atoms with Crippen LogP contribution in [0.3, 0.4) is 0 Å². The van der Waals surface area contributed by atoms with Crippen LogP contribution in [0.5, 0.6) is 0 Å². The molecule has 1 fully saturated rings. The van der Waals surface area contributed by atoms with Gasteiger partial charge in [-0.15, -0.1) is 0 Å². The molecule has 9 nitrogen and oxygen atoms in total. The highest BCUT2D eigenvalue weighted by molar-refractivity contribution is 6.09. The predicted octanol–water partition coefficient (Wildman–Crippen LogP) is 0.240. The van der Waals surface area contributed by atoms with Crippen LogP contribution in [0.2, 0.25) is 0 Å². The third-order valence-electron chi connectivity index (χ3n) is 3.69. The van der Waals surface area contributed by atoms with Gasteiger partial charge in [0.25, 0.3) is 0 Å². The molecule has 0 bridgehead atoms. The van der Waals surface area contributed by atoms with E-state index < -0.39 is 41.3 Å². The van der Waals surface area contributed by atoms with E-state index in [1.807, 2.05) is 0 Å². The van der Waals surface area contributed by atoms with E-state index in [0.717, 1.165) is 0 Å². The molecule has 0 spiro atoms. The van der Waals surface area contributed by atoms with Crippen molar-refractivity contribution in [3.63, 3.8) is 0 Å². The fourth-order valence-electron chi connectivity index (χ4n) is 2.69. The van der Waals surface area contributed by atoms with E-state index in [0.29, 0.717) is 0 Å². The van der Waals surface area contributed by atoms with Gasteiger partial charge < -0.3 is 23.7 Å². The van der Waals surface area contributed by atoms with Crippen molar-refractivity contribution in [3.05, 3.63) is 0 Å². The quantitative estimate of drug-likeness (QED) is 0.341. The first kappa shape index (κ1) is 20.9. The highest BCUT2D eigenvalue weighted by Gasteiger charge is 2.70. The van der Waals surface area contributed by atoms with Gasteiger partial charge in [-0.3, -0.25) is 14.4 Å². The summed E-state index contributed by atoms with van der Waals surface area (Å²) in [5.74, 6) is -5.34. The van der Waals surface area contributed by atoms with Gasteiger partial charge in [0.1, 0.15) is 5.92 Å². The molecular formula is C16H24O9. The summed E-state index contributed by atoms with van der Waals surface area (Å²) in [5.41, 5.74) is -2.30. The van der Waals surface area contributed by atoms with E-state index in [1.165, 1.54) is 13.8 Å². The number of carbonyl (C=O) groups excluding carboxylic acids is 4. The van der Waals surface area contributed by atoms with Crippen LogP contribution in [0.15, 0.2) is 0 Å². The fraction of sp³-hybridized carbons (Fsp3) is 0.750. The summed E-state index contributed by atoms with van der Waals surface area (Å²) < 4.78 is 25.1. The first-order chi connectivity index (χ1) is 11.9. The van der Waals surface area contributed by atoms with Crippen molar-refractivity contribution >= 4 is 23.9 Å². The lowest BCUT2D eigenvalue weighted by Gasteiger charge is -2.31. The van der Waals surface area contributed by atoms with Crippen LogP contribution in [0.1, 0.15) is 27.7 Å². The zero-order chi connectivity index (χ0) is 19.0. The van der Waals surface area contributed by atoms with Gasteiger partial charge in [0.05, 0.1) is 33.0 Å². The maximum atomic E-state index is 12.7. The number of rotatable bonds is 8. The minimum Gasteiger partial charge on any atom is -0.466 e. The monoisotopic (exact) mass is 360 g/mol. The second-order valence-corrected chi connectivity index (χ2v) is 5.08. The van der Waals surface area contributed by atoms with E-state index in [1.54, 1.807) is 13.8 Å². The third kappa shape index (κ3) is 3.92. The number of hydrogen-bond donors (Lipinski definition) is 0. The Hall–Kier alpha value is -2.16. The molecule has 0 amide bonds. The Balaban J connectivity index is 3.46. The van der Waals surface area contributed by atoms with Crippen molar-refractivity contribution in [2.24, 2.45) is 11.3 Å². The molecule has 1 aliphatic heterocycles. The normalized spacial score (nSPS) is 21.3. The molecule has 9 heteroatoms. The molecule has 0 aromatic carbocycles. The van der Waals surface area contributed by atoms with Gasteiger partial charge in [-0.1, -0.05) is 0 Å². The lowest BCUT2D eigenvalue weighted by atomic mass is 9.72. The molecule has 25 heavy (non-hydrogen) atoms. The highest BCUT2D eigenvalue weighted by atomic mass is 16.6. The molecule has 2 unspecified atom stereocenters. The van der Waals surface area contributed by atoms with Crippen LogP contribution in [0.4, 0.5) is 0 Å².